The van der Waals surface area contributed by atoms with E-state index in [0.717, 1.165) is 33.9 Å². The summed E-state index contributed by atoms with van der Waals surface area (Å²) in [6.45, 7) is 14.4. The van der Waals surface area contributed by atoms with Crippen molar-refractivity contribution < 1.29 is 4.74 Å². The Labute approximate surface area is 142 Å². The average Bonchev–Trinajstić information content (AvgIpc) is 2.43. The maximum absolute atomic E-state index is 5.87. The average molecular weight is 405 g/mol. The molecule has 1 aromatic rings. The Morgan fingerprint density at radius 1 is 1.14 bits per heavy atom. The molecule has 0 fully saturated rings. The second kappa shape index (κ2) is 8.88. The molecule has 0 aliphatic heterocycles. The molecule has 1 aromatic heterocycles. The van der Waals surface area contributed by atoms with Crippen LogP contribution in [0.5, 0.6) is 0 Å². The summed E-state index contributed by atoms with van der Waals surface area (Å²) in [5, 5.41) is 3.42. The Morgan fingerprint density at radius 2 is 1.81 bits per heavy atom. The summed E-state index contributed by atoms with van der Waals surface area (Å²) in [5.74, 6) is 2.46. The Hall–Kier alpha value is -0.430. The Balaban J connectivity index is 3.27. The van der Waals surface area contributed by atoms with Gasteiger partial charge in [0.2, 0.25) is 0 Å². The van der Waals surface area contributed by atoms with E-state index >= 15 is 0 Å². The molecule has 0 aliphatic rings. The van der Waals surface area contributed by atoms with Crippen molar-refractivity contribution in [3.63, 3.8) is 0 Å². The highest BCUT2D eigenvalue weighted by Gasteiger charge is 2.23. The molecule has 120 valence electrons. The number of hydrogen-bond donors (Lipinski definition) is 1. The summed E-state index contributed by atoms with van der Waals surface area (Å²) in [4.78, 5) is 9.54. The maximum Gasteiger partial charge on any atom is 0.160 e. The number of anilines is 1. The van der Waals surface area contributed by atoms with Crippen molar-refractivity contribution in [3.8, 4) is 0 Å². The van der Waals surface area contributed by atoms with E-state index in [1.807, 2.05) is 6.92 Å². The lowest BCUT2D eigenvalue weighted by Gasteiger charge is -2.22. The molecule has 0 bridgehead atoms. The molecule has 1 atom stereocenters. The number of ether oxygens (including phenoxy) is 1. The van der Waals surface area contributed by atoms with Gasteiger partial charge in [0.05, 0.1) is 9.26 Å². The van der Waals surface area contributed by atoms with Crippen molar-refractivity contribution in [1.29, 1.82) is 0 Å². The van der Waals surface area contributed by atoms with Crippen molar-refractivity contribution in [2.75, 3.05) is 18.5 Å². The van der Waals surface area contributed by atoms with Gasteiger partial charge in [0.25, 0.3) is 0 Å². The quantitative estimate of drug-likeness (QED) is 0.634. The van der Waals surface area contributed by atoms with Gasteiger partial charge in [-0.25, -0.2) is 9.97 Å². The molecule has 4 nitrogen and oxygen atoms in total. The van der Waals surface area contributed by atoms with Crippen LogP contribution in [0.4, 0.5) is 5.82 Å². The minimum atomic E-state index is -0.0494. The molecule has 0 spiro atoms. The molecule has 1 N–H and O–H groups in total. The van der Waals surface area contributed by atoms with E-state index in [1.165, 1.54) is 0 Å². The van der Waals surface area contributed by atoms with Crippen LogP contribution in [0.2, 0.25) is 0 Å². The molecule has 0 aromatic carbocycles. The van der Waals surface area contributed by atoms with Crippen LogP contribution < -0.4 is 5.32 Å². The third kappa shape index (κ3) is 5.06. The molecule has 0 aliphatic carbocycles. The first-order chi connectivity index (χ1) is 9.92. The lowest BCUT2D eigenvalue weighted by molar-refractivity contribution is 0.0231. The molecule has 5 heteroatoms. The van der Waals surface area contributed by atoms with Crippen LogP contribution in [0.1, 0.15) is 71.5 Å². The highest BCUT2D eigenvalue weighted by atomic mass is 127. The monoisotopic (exact) mass is 405 g/mol. The zero-order chi connectivity index (χ0) is 16.0. The zero-order valence-electron chi connectivity index (χ0n) is 14.0. The minimum absolute atomic E-state index is 0.0494. The summed E-state index contributed by atoms with van der Waals surface area (Å²) < 4.78 is 6.99. The summed E-state index contributed by atoms with van der Waals surface area (Å²) in [5.41, 5.74) is 1.10. The Kier molecular flexibility index (Phi) is 7.87. The Bertz CT molecular complexity index is 449. The second-order valence-electron chi connectivity index (χ2n) is 5.83. The second-order valence-corrected chi connectivity index (χ2v) is 6.91. The van der Waals surface area contributed by atoms with Gasteiger partial charge in [-0.15, -0.1) is 0 Å². The molecule has 0 saturated carbocycles. The SMILES string of the molecule is CCCNc1nc(C(OCC)C(C)C)nc(C(C)C)c1I. The van der Waals surface area contributed by atoms with Gasteiger partial charge in [-0.2, -0.15) is 0 Å². The van der Waals surface area contributed by atoms with Gasteiger partial charge in [0.15, 0.2) is 5.82 Å². The van der Waals surface area contributed by atoms with Crippen molar-refractivity contribution in [2.24, 2.45) is 5.92 Å². The van der Waals surface area contributed by atoms with Crippen molar-refractivity contribution in [3.05, 3.63) is 15.1 Å². The van der Waals surface area contributed by atoms with Gasteiger partial charge in [-0.05, 0) is 47.8 Å². The van der Waals surface area contributed by atoms with Gasteiger partial charge in [0, 0.05) is 13.2 Å². The highest BCUT2D eigenvalue weighted by Crippen LogP contribution is 2.30. The van der Waals surface area contributed by atoms with Crippen LogP contribution in [0, 0.1) is 9.49 Å². The fraction of sp³-hybridized carbons (Fsp3) is 0.750. The molecular weight excluding hydrogens is 377 g/mol. The molecule has 1 heterocycles. The first-order valence-electron chi connectivity index (χ1n) is 7.85. The van der Waals surface area contributed by atoms with Gasteiger partial charge in [-0.1, -0.05) is 34.6 Å². The summed E-state index contributed by atoms with van der Waals surface area (Å²) >= 11 is 2.35. The molecule has 21 heavy (non-hydrogen) atoms. The first kappa shape index (κ1) is 18.6. The molecule has 1 unspecified atom stereocenters. The van der Waals surface area contributed by atoms with E-state index in [4.69, 9.17) is 14.7 Å². The fourth-order valence-electron chi connectivity index (χ4n) is 2.10. The summed E-state index contributed by atoms with van der Waals surface area (Å²) in [7, 11) is 0. The standard InChI is InChI=1S/C16H28IN3O/c1-7-9-18-15-12(17)13(10(3)4)19-16(20-15)14(11(5)6)21-8-2/h10-11,14H,7-9H2,1-6H3,(H,18,19,20). The third-order valence-electron chi connectivity index (χ3n) is 3.19. The van der Waals surface area contributed by atoms with E-state index < -0.39 is 0 Å². The maximum atomic E-state index is 5.87. The number of nitrogens with zero attached hydrogens (tertiary/aromatic N) is 2. The molecule has 0 amide bonds. The number of hydrogen-bond acceptors (Lipinski definition) is 4. The Morgan fingerprint density at radius 3 is 2.29 bits per heavy atom. The number of aromatic nitrogens is 2. The summed E-state index contributed by atoms with van der Waals surface area (Å²) in [6, 6.07) is 0. The van der Waals surface area contributed by atoms with E-state index in [-0.39, 0.29) is 6.10 Å². The van der Waals surface area contributed by atoms with Gasteiger partial charge >= 0.3 is 0 Å². The molecule has 0 saturated heterocycles. The van der Waals surface area contributed by atoms with E-state index in [2.05, 4.69) is 62.5 Å². The van der Waals surface area contributed by atoms with E-state index in [1.54, 1.807) is 0 Å². The fourth-order valence-corrected chi connectivity index (χ4v) is 3.15. The molecule has 1 rings (SSSR count). The topological polar surface area (TPSA) is 47.0 Å². The largest absolute Gasteiger partial charge is 0.370 e. The van der Waals surface area contributed by atoms with Gasteiger partial charge in [0.1, 0.15) is 11.9 Å². The first-order valence-corrected chi connectivity index (χ1v) is 8.92. The van der Waals surface area contributed by atoms with Crippen LogP contribution in [-0.4, -0.2) is 23.1 Å². The van der Waals surface area contributed by atoms with Gasteiger partial charge < -0.3 is 10.1 Å². The molecule has 0 radical (unpaired) electrons. The van der Waals surface area contributed by atoms with Crippen LogP contribution in [-0.2, 0) is 4.74 Å². The smallest absolute Gasteiger partial charge is 0.160 e. The molecular formula is C16H28IN3O. The van der Waals surface area contributed by atoms with Crippen LogP contribution >= 0.6 is 22.6 Å². The van der Waals surface area contributed by atoms with Crippen molar-refractivity contribution >= 4 is 28.4 Å². The number of halogens is 1. The van der Waals surface area contributed by atoms with Crippen LogP contribution in [0.25, 0.3) is 0 Å². The lowest BCUT2D eigenvalue weighted by atomic mass is 10.1. The predicted molar refractivity (Wildman–Crippen MR) is 96.8 cm³/mol. The zero-order valence-corrected chi connectivity index (χ0v) is 16.2. The number of nitrogens with one attached hydrogen (secondary N) is 1. The predicted octanol–water partition coefficient (Wildman–Crippen LogP) is 4.76. The van der Waals surface area contributed by atoms with E-state index in [9.17, 15) is 0 Å². The summed E-state index contributed by atoms with van der Waals surface area (Å²) in [6.07, 6.45) is 1.03. The van der Waals surface area contributed by atoms with Crippen molar-refractivity contribution in [1.82, 2.24) is 9.97 Å². The van der Waals surface area contributed by atoms with Crippen LogP contribution in [0.15, 0.2) is 0 Å². The minimum Gasteiger partial charge on any atom is -0.370 e. The third-order valence-corrected chi connectivity index (χ3v) is 4.25. The normalized spacial score (nSPS) is 13.0. The van der Waals surface area contributed by atoms with Crippen molar-refractivity contribution in [2.45, 2.75) is 60.0 Å². The highest BCUT2D eigenvalue weighted by molar-refractivity contribution is 14.1. The van der Waals surface area contributed by atoms with Gasteiger partial charge in [-0.3, -0.25) is 0 Å². The van der Waals surface area contributed by atoms with E-state index in [0.29, 0.717) is 18.4 Å². The van der Waals surface area contributed by atoms with Crippen LogP contribution in [0.3, 0.4) is 0 Å². The lowest BCUT2D eigenvalue weighted by Crippen LogP contribution is -2.18. The number of rotatable bonds is 8.